The topological polar surface area (TPSA) is 0 Å². The zero-order valence-electron chi connectivity index (χ0n) is 13.6. The van der Waals surface area contributed by atoms with Gasteiger partial charge in [-0.25, -0.2) is 0 Å². The molecule has 0 aromatic carbocycles. The zero-order chi connectivity index (χ0) is 15.6. The van der Waals surface area contributed by atoms with Crippen molar-refractivity contribution >= 4 is 23.5 Å². The van der Waals surface area contributed by atoms with Gasteiger partial charge in [-0.2, -0.15) is 0 Å². The van der Waals surface area contributed by atoms with Crippen molar-refractivity contribution in [3.8, 4) is 23.7 Å². The zero-order valence-corrected chi connectivity index (χ0v) is 15.3. The summed E-state index contributed by atoms with van der Waals surface area (Å²) in [5.74, 6) is 13.4. The van der Waals surface area contributed by atoms with Crippen LogP contribution in [0.5, 0.6) is 0 Å². The minimum Gasteiger partial charge on any atom is -0.119 e. The predicted octanol–water partition coefficient (Wildman–Crippen LogP) is 5.93. The predicted molar refractivity (Wildman–Crippen MR) is 103 cm³/mol. The number of allylic oxidation sites excluding steroid dienone is 6. The highest BCUT2D eigenvalue weighted by Crippen LogP contribution is 2.25. The summed E-state index contributed by atoms with van der Waals surface area (Å²) in [6.45, 7) is 0. The van der Waals surface area contributed by atoms with Gasteiger partial charge in [-0.05, 0) is 75.0 Å². The van der Waals surface area contributed by atoms with Crippen molar-refractivity contribution in [1.29, 1.82) is 0 Å². The van der Waals surface area contributed by atoms with Crippen LogP contribution in [0.25, 0.3) is 0 Å². The summed E-state index contributed by atoms with van der Waals surface area (Å²) < 4.78 is 0. The van der Waals surface area contributed by atoms with Crippen LogP contribution in [0.15, 0.2) is 33.1 Å². The maximum Gasteiger partial charge on any atom is 0.0795 e. The van der Waals surface area contributed by atoms with Gasteiger partial charge >= 0.3 is 0 Å². The van der Waals surface area contributed by atoms with Gasteiger partial charge < -0.3 is 0 Å². The van der Waals surface area contributed by atoms with Gasteiger partial charge in [-0.3, -0.25) is 0 Å². The number of hydrogen-bond donors (Lipinski definition) is 0. The van der Waals surface area contributed by atoms with Crippen LogP contribution in [0.4, 0.5) is 0 Å². The molecule has 2 heteroatoms. The second kappa shape index (κ2) is 9.94. The van der Waals surface area contributed by atoms with Crippen molar-refractivity contribution in [1.82, 2.24) is 0 Å². The van der Waals surface area contributed by atoms with Gasteiger partial charge in [0.05, 0.1) is 9.81 Å². The van der Waals surface area contributed by atoms with Crippen molar-refractivity contribution in [3.63, 3.8) is 0 Å². The summed E-state index contributed by atoms with van der Waals surface area (Å²) in [6.07, 6.45) is 18.6. The summed E-state index contributed by atoms with van der Waals surface area (Å²) in [5.41, 5.74) is 2.61. The molecule has 0 heterocycles. The lowest BCUT2D eigenvalue weighted by Crippen LogP contribution is -1.90. The van der Waals surface area contributed by atoms with Crippen molar-refractivity contribution in [2.24, 2.45) is 0 Å². The van der Waals surface area contributed by atoms with Gasteiger partial charge in [-0.1, -0.05) is 35.8 Å². The summed E-state index contributed by atoms with van der Waals surface area (Å²) in [5, 5.41) is 0. The third-order valence-electron chi connectivity index (χ3n) is 3.87. The first-order valence-electron chi connectivity index (χ1n) is 8.08. The van der Waals surface area contributed by atoms with Crippen LogP contribution in [0.3, 0.4) is 0 Å². The molecular weight excluding hydrogens is 304 g/mol. The molecule has 0 radical (unpaired) electrons. The molecule has 0 nitrogen and oxygen atoms in total. The lowest BCUT2D eigenvalue weighted by atomic mass is 10.00. The Kier molecular flexibility index (Phi) is 7.86. The van der Waals surface area contributed by atoms with Crippen molar-refractivity contribution < 1.29 is 0 Å². The van der Waals surface area contributed by atoms with E-state index in [9.17, 15) is 0 Å². The Bertz CT molecular complexity index is 543. The Morgan fingerprint density at radius 1 is 0.773 bits per heavy atom. The molecule has 0 aromatic rings. The fraction of sp³-hybridized carbons (Fsp3) is 0.500. The first kappa shape index (κ1) is 17.4. The molecular formula is C20H24S2. The van der Waals surface area contributed by atoms with Crippen LogP contribution in [-0.2, 0) is 0 Å². The first-order chi connectivity index (χ1) is 10.8. The van der Waals surface area contributed by atoms with E-state index in [1.807, 2.05) is 0 Å². The van der Waals surface area contributed by atoms with Crippen LogP contribution in [0.1, 0.15) is 51.4 Å². The van der Waals surface area contributed by atoms with Crippen molar-refractivity contribution in [2.45, 2.75) is 51.4 Å². The van der Waals surface area contributed by atoms with Gasteiger partial charge in [0.2, 0.25) is 0 Å². The monoisotopic (exact) mass is 328 g/mol. The van der Waals surface area contributed by atoms with Gasteiger partial charge in [0.1, 0.15) is 0 Å². The largest absolute Gasteiger partial charge is 0.119 e. The van der Waals surface area contributed by atoms with Gasteiger partial charge in [0.25, 0.3) is 0 Å². The minimum atomic E-state index is 1.11. The third-order valence-corrected chi connectivity index (χ3v) is 5.43. The summed E-state index contributed by atoms with van der Waals surface area (Å²) in [7, 11) is 0. The highest BCUT2D eigenvalue weighted by Gasteiger charge is 2.04. The van der Waals surface area contributed by atoms with Crippen LogP contribution in [-0.4, -0.2) is 12.5 Å². The Hall–Kier alpha value is -0.960. The van der Waals surface area contributed by atoms with Gasteiger partial charge in [-0.15, -0.1) is 23.5 Å². The first-order valence-corrected chi connectivity index (χ1v) is 10.5. The molecule has 0 fully saturated rings. The molecule has 0 saturated heterocycles. The van der Waals surface area contributed by atoms with Crippen molar-refractivity contribution in [2.75, 3.05) is 12.5 Å². The molecule has 0 aromatic heterocycles. The highest BCUT2D eigenvalue weighted by molar-refractivity contribution is 8.06. The average Bonchev–Trinajstić information content (AvgIpc) is 2.59. The smallest absolute Gasteiger partial charge is 0.0795 e. The molecule has 0 bridgehead atoms. The van der Waals surface area contributed by atoms with Gasteiger partial charge in [0, 0.05) is 0 Å². The van der Waals surface area contributed by atoms with E-state index >= 15 is 0 Å². The Morgan fingerprint density at radius 3 is 1.55 bits per heavy atom. The molecule has 0 unspecified atom stereocenters. The standard InChI is InChI=1S/C20H24S2/c1-21-19(15-13-17-9-5-3-6-10-17)20(22-2)16-14-18-11-7-4-8-12-18/h9,11H,3-8,10,12H2,1-2H3/b20-19+. The lowest BCUT2D eigenvalue weighted by molar-refractivity contribution is 0.715. The van der Waals surface area contributed by atoms with E-state index in [1.165, 1.54) is 49.7 Å². The normalized spacial score (nSPS) is 18.8. The molecule has 2 aliphatic rings. The lowest BCUT2D eigenvalue weighted by Gasteiger charge is -2.07. The average molecular weight is 329 g/mol. The number of thioether (sulfide) groups is 2. The highest BCUT2D eigenvalue weighted by atomic mass is 32.2. The second-order valence-corrected chi connectivity index (χ2v) is 7.15. The SMILES string of the molecule is CS/C(C#CC1=CCCCC1)=C(\C#CC1=CCCCC1)SC. The van der Waals surface area contributed by atoms with E-state index in [0.717, 1.165) is 22.7 Å². The van der Waals surface area contributed by atoms with E-state index in [1.54, 1.807) is 23.5 Å². The second-order valence-electron chi connectivity index (χ2n) is 5.52. The van der Waals surface area contributed by atoms with E-state index in [4.69, 9.17) is 0 Å². The Balaban J connectivity index is 2.17. The third kappa shape index (κ3) is 5.68. The Labute approximate surface area is 144 Å². The fourth-order valence-electron chi connectivity index (χ4n) is 2.58. The van der Waals surface area contributed by atoms with Crippen LogP contribution in [0, 0.1) is 23.7 Å². The maximum atomic E-state index is 3.36. The molecule has 0 amide bonds. The summed E-state index contributed by atoms with van der Waals surface area (Å²) in [4.78, 5) is 2.23. The number of hydrogen-bond acceptors (Lipinski definition) is 2. The molecule has 22 heavy (non-hydrogen) atoms. The van der Waals surface area contributed by atoms with Crippen LogP contribution < -0.4 is 0 Å². The number of rotatable bonds is 2. The molecule has 2 aliphatic carbocycles. The summed E-state index contributed by atoms with van der Waals surface area (Å²) in [6, 6.07) is 0. The van der Waals surface area contributed by atoms with E-state index in [2.05, 4.69) is 48.3 Å². The molecule has 0 saturated carbocycles. The summed E-state index contributed by atoms with van der Waals surface area (Å²) >= 11 is 3.43. The molecule has 116 valence electrons. The van der Waals surface area contributed by atoms with E-state index in [-0.39, 0.29) is 0 Å². The van der Waals surface area contributed by atoms with Crippen LogP contribution in [0.2, 0.25) is 0 Å². The van der Waals surface area contributed by atoms with Crippen LogP contribution >= 0.6 is 23.5 Å². The molecule has 0 atom stereocenters. The Morgan fingerprint density at radius 2 is 1.23 bits per heavy atom. The van der Waals surface area contributed by atoms with Crippen molar-refractivity contribution in [3.05, 3.63) is 33.1 Å². The molecule has 2 rings (SSSR count). The molecule has 0 N–H and O–H groups in total. The fourth-order valence-corrected chi connectivity index (χ4v) is 3.86. The van der Waals surface area contributed by atoms with Gasteiger partial charge in [0.15, 0.2) is 0 Å². The van der Waals surface area contributed by atoms with E-state index < -0.39 is 0 Å². The quantitative estimate of drug-likeness (QED) is 0.576. The minimum absolute atomic E-state index is 1.11. The van der Waals surface area contributed by atoms with E-state index in [0.29, 0.717) is 0 Å². The molecule has 0 spiro atoms. The maximum absolute atomic E-state index is 3.36. The molecule has 0 aliphatic heterocycles.